The van der Waals surface area contributed by atoms with E-state index in [1.54, 1.807) is 0 Å². The van der Waals surface area contributed by atoms with E-state index in [1.165, 1.54) is 12.8 Å². The molecule has 0 spiro atoms. The van der Waals surface area contributed by atoms with Crippen molar-refractivity contribution in [2.24, 2.45) is 0 Å². The summed E-state index contributed by atoms with van der Waals surface area (Å²) in [5.41, 5.74) is -0.326. The Balaban J connectivity index is 1.66. The van der Waals surface area contributed by atoms with Crippen molar-refractivity contribution in [3.8, 4) is 6.07 Å². The lowest BCUT2D eigenvalue weighted by atomic mass is 9.97. The Hall–Kier alpha value is -0.630. The number of nitrogens with one attached hydrogen (secondary N) is 1. The molecule has 17 heavy (non-hydrogen) atoms. The van der Waals surface area contributed by atoms with Gasteiger partial charge in [-0.3, -0.25) is 10.2 Å². The fraction of sp³-hybridized carbons (Fsp3) is 0.923. The van der Waals surface area contributed by atoms with Crippen LogP contribution in [-0.2, 0) is 4.74 Å². The zero-order valence-corrected chi connectivity index (χ0v) is 10.7. The molecular weight excluding hydrogens is 214 g/mol. The molecule has 0 amide bonds. The molecule has 2 aliphatic rings. The van der Waals surface area contributed by atoms with Gasteiger partial charge in [0.05, 0.1) is 19.3 Å². The molecule has 1 aliphatic heterocycles. The molecule has 1 aliphatic carbocycles. The predicted octanol–water partition coefficient (Wildman–Crippen LogP) is 1.13. The van der Waals surface area contributed by atoms with E-state index in [0.29, 0.717) is 6.04 Å². The summed E-state index contributed by atoms with van der Waals surface area (Å²) in [6, 6.07) is 3.03. The maximum Gasteiger partial charge on any atom is 0.104 e. The Morgan fingerprint density at radius 3 is 2.71 bits per heavy atom. The van der Waals surface area contributed by atoms with Crippen molar-refractivity contribution in [3.05, 3.63) is 0 Å². The van der Waals surface area contributed by atoms with Crippen LogP contribution in [0.5, 0.6) is 0 Å². The number of morpholine rings is 1. The lowest BCUT2D eigenvalue weighted by Crippen LogP contribution is -2.43. The van der Waals surface area contributed by atoms with Crippen LogP contribution in [0.15, 0.2) is 0 Å². The third kappa shape index (κ3) is 4.27. The van der Waals surface area contributed by atoms with Crippen molar-refractivity contribution < 1.29 is 4.74 Å². The van der Waals surface area contributed by atoms with E-state index in [1.807, 2.05) is 6.92 Å². The Morgan fingerprint density at radius 2 is 2.12 bits per heavy atom. The number of hydrogen-bond acceptors (Lipinski definition) is 4. The minimum Gasteiger partial charge on any atom is -0.379 e. The monoisotopic (exact) mass is 237 g/mol. The van der Waals surface area contributed by atoms with Gasteiger partial charge in [-0.1, -0.05) is 0 Å². The van der Waals surface area contributed by atoms with Gasteiger partial charge in [-0.15, -0.1) is 0 Å². The van der Waals surface area contributed by atoms with Gasteiger partial charge in [-0.05, 0) is 39.2 Å². The molecule has 1 N–H and O–H groups in total. The average Bonchev–Trinajstić information content (AvgIpc) is 3.14. The number of nitriles is 1. The molecule has 4 nitrogen and oxygen atoms in total. The van der Waals surface area contributed by atoms with Gasteiger partial charge in [0, 0.05) is 19.1 Å². The summed E-state index contributed by atoms with van der Waals surface area (Å²) >= 11 is 0. The van der Waals surface area contributed by atoms with Crippen molar-refractivity contribution >= 4 is 0 Å². The molecule has 2 fully saturated rings. The minimum atomic E-state index is -0.326. The second kappa shape index (κ2) is 5.81. The molecule has 1 saturated carbocycles. The fourth-order valence-electron chi connectivity index (χ4n) is 2.32. The standard InChI is InChI=1S/C13H23N3O/c1-13(11-14,15-12-3-4-12)5-2-6-16-7-9-17-10-8-16/h12,15H,2-10H2,1H3. The summed E-state index contributed by atoms with van der Waals surface area (Å²) in [4.78, 5) is 2.43. The molecule has 0 aromatic carbocycles. The van der Waals surface area contributed by atoms with E-state index < -0.39 is 0 Å². The number of rotatable bonds is 6. The lowest BCUT2D eigenvalue weighted by molar-refractivity contribution is 0.0366. The highest BCUT2D eigenvalue weighted by molar-refractivity contribution is 5.07. The molecule has 2 rings (SSSR count). The van der Waals surface area contributed by atoms with Crippen molar-refractivity contribution in [2.45, 2.75) is 44.2 Å². The first-order valence-corrected chi connectivity index (χ1v) is 6.71. The van der Waals surface area contributed by atoms with Crippen LogP contribution in [0.4, 0.5) is 0 Å². The minimum absolute atomic E-state index is 0.326. The fourth-order valence-corrected chi connectivity index (χ4v) is 2.32. The van der Waals surface area contributed by atoms with Crippen molar-refractivity contribution in [1.82, 2.24) is 10.2 Å². The van der Waals surface area contributed by atoms with Gasteiger partial charge in [0.2, 0.25) is 0 Å². The first-order valence-electron chi connectivity index (χ1n) is 6.71. The third-order valence-electron chi connectivity index (χ3n) is 3.60. The molecule has 1 heterocycles. The van der Waals surface area contributed by atoms with E-state index in [9.17, 15) is 5.26 Å². The number of hydrogen-bond donors (Lipinski definition) is 1. The molecule has 96 valence electrons. The highest BCUT2D eigenvalue weighted by atomic mass is 16.5. The van der Waals surface area contributed by atoms with Crippen LogP contribution in [0.25, 0.3) is 0 Å². The van der Waals surface area contributed by atoms with Crippen LogP contribution in [0, 0.1) is 11.3 Å². The van der Waals surface area contributed by atoms with Gasteiger partial charge in [-0.2, -0.15) is 5.26 Å². The first-order chi connectivity index (χ1) is 8.22. The molecule has 0 aromatic heterocycles. The average molecular weight is 237 g/mol. The van der Waals surface area contributed by atoms with E-state index in [4.69, 9.17) is 4.74 Å². The SMILES string of the molecule is CC(C#N)(CCCN1CCOCC1)NC1CC1. The van der Waals surface area contributed by atoms with Crippen LogP contribution in [-0.4, -0.2) is 49.3 Å². The highest BCUT2D eigenvalue weighted by Gasteiger charge is 2.32. The molecule has 4 heteroatoms. The topological polar surface area (TPSA) is 48.3 Å². The van der Waals surface area contributed by atoms with Crippen LogP contribution < -0.4 is 5.32 Å². The zero-order chi connectivity index (χ0) is 12.1. The van der Waals surface area contributed by atoms with Crippen molar-refractivity contribution in [3.63, 3.8) is 0 Å². The second-order valence-corrected chi connectivity index (χ2v) is 5.42. The molecular formula is C13H23N3O. The molecule has 1 unspecified atom stereocenters. The van der Waals surface area contributed by atoms with Gasteiger partial charge in [-0.25, -0.2) is 0 Å². The lowest BCUT2D eigenvalue weighted by Gasteiger charge is -2.28. The van der Waals surface area contributed by atoms with Crippen molar-refractivity contribution in [1.29, 1.82) is 5.26 Å². The smallest absolute Gasteiger partial charge is 0.104 e. The highest BCUT2D eigenvalue weighted by Crippen LogP contribution is 2.24. The Bertz CT molecular complexity index is 279. The summed E-state index contributed by atoms with van der Waals surface area (Å²) in [5.74, 6) is 0. The molecule has 0 aromatic rings. The van der Waals surface area contributed by atoms with Crippen molar-refractivity contribution in [2.75, 3.05) is 32.8 Å². The maximum atomic E-state index is 9.25. The third-order valence-corrected chi connectivity index (χ3v) is 3.60. The van der Waals surface area contributed by atoms with Crippen LogP contribution in [0.2, 0.25) is 0 Å². The molecule has 0 radical (unpaired) electrons. The van der Waals surface area contributed by atoms with Crippen LogP contribution >= 0.6 is 0 Å². The van der Waals surface area contributed by atoms with E-state index in [-0.39, 0.29) is 5.54 Å². The summed E-state index contributed by atoms with van der Waals surface area (Å²) in [5, 5.41) is 12.7. The maximum absolute atomic E-state index is 9.25. The molecule has 1 saturated heterocycles. The molecule has 1 atom stereocenters. The van der Waals surface area contributed by atoms with E-state index in [0.717, 1.165) is 45.7 Å². The van der Waals surface area contributed by atoms with E-state index >= 15 is 0 Å². The largest absolute Gasteiger partial charge is 0.379 e. The van der Waals surface area contributed by atoms with Gasteiger partial charge in [0.25, 0.3) is 0 Å². The summed E-state index contributed by atoms with van der Waals surface area (Å²) in [6.45, 7) is 6.92. The Morgan fingerprint density at radius 1 is 1.41 bits per heavy atom. The van der Waals surface area contributed by atoms with Gasteiger partial charge >= 0.3 is 0 Å². The first kappa shape index (κ1) is 12.8. The van der Waals surface area contributed by atoms with Gasteiger partial charge in [0.15, 0.2) is 0 Å². The quantitative estimate of drug-likeness (QED) is 0.752. The van der Waals surface area contributed by atoms with Crippen LogP contribution in [0.3, 0.4) is 0 Å². The number of ether oxygens (including phenoxy) is 1. The Kier molecular flexibility index (Phi) is 4.38. The second-order valence-electron chi connectivity index (χ2n) is 5.42. The number of nitrogens with zero attached hydrogens (tertiary/aromatic N) is 2. The van der Waals surface area contributed by atoms with E-state index in [2.05, 4.69) is 16.3 Å². The summed E-state index contributed by atoms with van der Waals surface area (Å²) in [6.07, 6.45) is 4.50. The summed E-state index contributed by atoms with van der Waals surface area (Å²) < 4.78 is 5.32. The van der Waals surface area contributed by atoms with Gasteiger partial charge in [0.1, 0.15) is 5.54 Å². The van der Waals surface area contributed by atoms with Gasteiger partial charge < -0.3 is 4.74 Å². The zero-order valence-electron chi connectivity index (χ0n) is 10.7. The predicted molar refractivity (Wildman–Crippen MR) is 66.7 cm³/mol. The Labute approximate surface area is 104 Å². The summed E-state index contributed by atoms with van der Waals surface area (Å²) in [7, 11) is 0. The normalized spacial score (nSPS) is 25.2. The molecule has 0 bridgehead atoms. The van der Waals surface area contributed by atoms with Crippen LogP contribution in [0.1, 0.15) is 32.6 Å².